The van der Waals surface area contributed by atoms with E-state index >= 15 is 0 Å². The van der Waals surface area contributed by atoms with Crippen LogP contribution in [0.1, 0.15) is 9.67 Å². The fourth-order valence-electron chi connectivity index (χ4n) is 1.94. The second kappa shape index (κ2) is 5.23. The smallest absolute Gasteiger partial charge is 0.260 e. The fourth-order valence-corrected chi connectivity index (χ4v) is 3.05. The summed E-state index contributed by atoms with van der Waals surface area (Å²) in [5, 5.41) is 1.14. The Morgan fingerprint density at radius 1 is 1.33 bits per heavy atom. The molecule has 7 heteroatoms. The molecule has 4 N–H and O–H groups in total. The molecule has 0 saturated heterocycles. The van der Waals surface area contributed by atoms with Crippen LogP contribution in [0.4, 0.5) is 5.69 Å². The number of carbonyl (C=O) groups excluding carboxylic acids is 1. The highest BCUT2D eigenvalue weighted by molar-refractivity contribution is 7.21. The Hall–Kier alpha value is -2.31. The van der Waals surface area contributed by atoms with E-state index in [1.165, 1.54) is 0 Å². The van der Waals surface area contributed by atoms with Gasteiger partial charge in [-0.15, -0.1) is 11.3 Å². The molecule has 0 unspecified atom stereocenters. The minimum atomic E-state index is -0.579. The van der Waals surface area contributed by atoms with Crippen LogP contribution < -0.4 is 16.2 Å². The molecule has 0 aliphatic rings. The molecule has 0 saturated carbocycles. The summed E-state index contributed by atoms with van der Waals surface area (Å²) in [5.74, 6) is 0.494. The van der Waals surface area contributed by atoms with Crippen molar-refractivity contribution in [1.29, 1.82) is 0 Å². The maximum Gasteiger partial charge on any atom is 0.260 e. The predicted molar refractivity (Wildman–Crippen MR) is 84.1 cm³/mol. The monoisotopic (exact) mass is 319 g/mol. The summed E-state index contributed by atoms with van der Waals surface area (Å²) in [6.07, 6.45) is 1.59. The fraction of sp³-hybridized carbons (Fsp3) is 0. The third-order valence-electron chi connectivity index (χ3n) is 2.84. The number of benzene rings is 1. The van der Waals surface area contributed by atoms with Crippen molar-refractivity contribution >= 4 is 44.7 Å². The highest BCUT2D eigenvalue weighted by atomic mass is 35.5. The van der Waals surface area contributed by atoms with Gasteiger partial charge in [0, 0.05) is 11.2 Å². The third kappa shape index (κ3) is 2.51. The molecule has 2 aromatic heterocycles. The number of nitrogens with zero attached hydrogens (tertiary/aromatic N) is 1. The van der Waals surface area contributed by atoms with Gasteiger partial charge in [0.25, 0.3) is 5.91 Å². The third-order valence-corrected chi connectivity index (χ3v) is 4.20. The van der Waals surface area contributed by atoms with Gasteiger partial charge in [0.2, 0.25) is 0 Å². The molecule has 5 nitrogen and oxygen atoms in total. The molecule has 1 aromatic carbocycles. The normalized spacial score (nSPS) is 10.7. The molecule has 2 heterocycles. The van der Waals surface area contributed by atoms with Gasteiger partial charge in [0.15, 0.2) is 0 Å². The van der Waals surface area contributed by atoms with Crippen LogP contribution in [0.2, 0.25) is 5.02 Å². The number of anilines is 1. The number of nitrogens with two attached hydrogens (primary N) is 2. The van der Waals surface area contributed by atoms with Crippen LogP contribution >= 0.6 is 22.9 Å². The van der Waals surface area contributed by atoms with E-state index < -0.39 is 5.91 Å². The predicted octanol–water partition coefficient (Wildman–Crippen LogP) is 3.42. The van der Waals surface area contributed by atoms with Crippen LogP contribution in [0.5, 0.6) is 11.5 Å². The largest absolute Gasteiger partial charge is 0.456 e. The average Bonchev–Trinajstić information content (AvgIpc) is 2.77. The average molecular weight is 320 g/mol. The number of fused-ring (bicyclic) bond motifs is 1. The quantitative estimate of drug-likeness (QED) is 0.773. The molecule has 0 radical (unpaired) electrons. The molecular formula is C14H10ClN3O2S. The van der Waals surface area contributed by atoms with Crippen molar-refractivity contribution in [2.45, 2.75) is 0 Å². The summed E-state index contributed by atoms with van der Waals surface area (Å²) in [5.41, 5.74) is 11.6. The Balaban J connectivity index is 2.12. The lowest BCUT2D eigenvalue weighted by molar-refractivity contribution is 0.100. The summed E-state index contributed by atoms with van der Waals surface area (Å²) < 4.78 is 5.80. The first-order chi connectivity index (χ1) is 10.1. The van der Waals surface area contributed by atoms with Crippen LogP contribution in [-0.4, -0.2) is 10.9 Å². The Morgan fingerprint density at radius 3 is 2.86 bits per heavy atom. The van der Waals surface area contributed by atoms with Crippen LogP contribution in [0.25, 0.3) is 10.2 Å². The zero-order valence-electron chi connectivity index (χ0n) is 10.7. The summed E-state index contributed by atoms with van der Waals surface area (Å²) in [6, 6.07) is 8.67. The lowest BCUT2D eigenvalue weighted by Crippen LogP contribution is -2.10. The first kappa shape index (κ1) is 13.7. The van der Waals surface area contributed by atoms with Crippen molar-refractivity contribution in [1.82, 2.24) is 4.98 Å². The molecule has 0 spiro atoms. The zero-order valence-corrected chi connectivity index (χ0v) is 12.2. The van der Waals surface area contributed by atoms with E-state index in [2.05, 4.69) is 4.98 Å². The van der Waals surface area contributed by atoms with E-state index in [4.69, 9.17) is 27.8 Å². The summed E-state index contributed by atoms with van der Waals surface area (Å²) in [6.45, 7) is 0. The van der Waals surface area contributed by atoms with Crippen LogP contribution in [-0.2, 0) is 0 Å². The van der Waals surface area contributed by atoms with Crippen LogP contribution in [0.3, 0.4) is 0 Å². The van der Waals surface area contributed by atoms with E-state index in [-0.39, 0.29) is 10.6 Å². The van der Waals surface area contributed by atoms with Gasteiger partial charge >= 0.3 is 0 Å². The lowest BCUT2D eigenvalue weighted by Gasteiger charge is -2.07. The second-order valence-corrected chi connectivity index (χ2v) is 5.69. The number of halogens is 1. The highest BCUT2D eigenvalue weighted by Crippen LogP contribution is 2.39. The SMILES string of the molecule is NC(=O)c1sc2nccc(Oc3cccc(Cl)c3)c2c1N. The summed E-state index contributed by atoms with van der Waals surface area (Å²) in [7, 11) is 0. The Morgan fingerprint density at radius 2 is 2.14 bits per heavy atom. The molecule has 0 atom stereocenters. The van der Waals surface area contributed by atoms with Crippen molar-refractivity contribution in [3.05, 3.63) is 46.4 Å². The number of primary amides is 1. The molecule has 106 valence electrons. The van der Waals surface area contributed by atoms with Crippen molar-refractivity contribution in [2.24, 2.45) is 5.73 Å². The molecule has 1 amide bonds. The number of hydrogen-bond donors (Lipinski definition) is 2. The van der Waals surface area contributed by atoms with Crippen LogP contribution in [0.15, 0.2) is 36.5 Å². The molecular weight excluding hydrogens is 310 g/mol. The van der Waals surface area contributed by atoms with Gasteiger partial charge in [0.05, 0.1) is 11.1 Å². The van der Waals surface area contributed by atoms with E-state index in [0.717, 1.165) is 11.3 Å². The molecule has 3 aromatic rings. The summed E-state index contributed by atoms with van der Waals surface area (Å²) in [4.78, 5) is 16.4. The van der Waals surface area contributed by atoms with E-state index in [1.54, 1.807) is 36.5 Å². The standard InChI is InChI=1S/C14H10ClN3O2S/c15-7-2-1-3-8(6-7)20-9-4-5-18-14-10(9)11(16)12(21-14)13(17)19/h1-6H,16H2,(H2,17,19). The number of rotatable bonds is 3. The number of nitrogen functional groups attached to an aromatic ring is 1. The molecule has 0 aliphatic heterocycles. The zero-order chi connectivity index (χ0) is 15.0. The van der Waals surface area contributed by atoms with Gasteiger partial charge < -0.3 is 16.2 Å². The van der Waals surface area contributed by atoms with E-state index in [9.17, 15) is 4.79 Å². The lowest BCUT2D eigenvalue weighted by atomic mass is 10.2. The topological polar surface area (TPSA) is 91.2 Å². The first-order valence-corrected chi connectivity index (χ1v) is 7.16. The molecule has 0 aliphatic carbocycles. The molecule has 21 heavy (non-hydrogen) atoms. The van der Waals surface area contributed by atoms with Crippen LogP contribution in [0, 0.1) is 0 Å². The summed E-state index contributed by atoms with van der Waals surface area (Å²) >= 11 is 7.07. The van der Waals surface area contributed by atoms with Gasteiger partial charge in [-0.3, -0.25) is 4.79 Å². The van der Waals surface area contributed by atoms with Gasteiger partial charge in [-0.1, -0.05) is 17.7 Å². The van der Waals surface area contributed by atoms with Gasteiger partial charge in [-0.2, -0.15) is 0 Å². The highest BCUT2D eigenvalue weighted by Gasteiger charge is 2.18. The van der Waals surface area contributed by atoms with E-state index in [0.29, 0.717) is 26.7 Å². The Bertz CT molecular complexity index is 847. The van der Waals surface area contributed by atoms with Crippen molar-refractivity contribution in [3.63, 3.8) is 0 Å². The molecule has 0 bridgehead atoms. The van der Waals surface area contributed by atoms with Crippen molar-refractivity contribution in [3.8, 4) is 11.5 Å². The molecule has 3 rings (SSSR count). The number of aromatic nitrogens is 1. The number of amides is 1. The second-order valence-electron chi connectivity index (χ2n) is 4.26. The number of ether oxygens (including phenoxy) is 1. The number of thiophene rings is 1. The van der Waals surface area contributed by atoms with Crippen molar-refractivity contribution in [2.75, 3.05) is 5.73 Å². The van der Waals surface area contributed by atoms with Gasteiger partial charge in [-0.05, 0) is 24.3 Å². The minimum absolute atomic E-state index is 0.277. The Labute approximate surface area is 129 Å². The van der Waals surface area contributed by atoms with Gasteiger partial charge in [0.1, 0.15) is 21.2 Å². The first-order valence-electron chi connectivity index (χ1n) is 5.96. The number of hydrogen-bond acceptors (Lipinski definition) is 5. The number of pyridine rings is 1. The maximum atomic E-state index is 11.4. The van der Waals surface area contributed by atoms with E-state index in [1.807, 2.05) is 0 Å². The molecule has 0 fully saturated rings. The Kier molecular flexibility index (Phi) is 3.40. The number of carbonyl (C=O) groups is 1. The van der Waals surface area contributed by atoms with Crippen molar-refractivity contribution < 1.29 is 9.53 Å². The van der Waals surface area contributed by atoms with Gasteiger partial charge in [-0.25, -0.2) is 4.98 Å². The minimum Gasteiger partial charge on any atom is -0.456 e. The maximum absolute atomic E-state index is 11.4.